The summed E-state index contributed by atoms with van der Waals surface area (Å²) in [5, 5.41) is 14.6. The van der Waals surface area contributed by atoms with Gasteiger partial charge in [-0.15, -0.1) is 11.8 Å². The molecule has 1 aliphatic rings. The van der Waals surface area contributed by atoms with Gasteiger partial charge in [0.2, 0.25) is 0 Å². The summed E-state index contributed by atoms with van der Waals surface area (Å²) < 4.78 is 0. The fourth-order valence-corrected chi connectivity index (χ4v) is 4.47. The molecule has 0 bridgehead atoms. The smallest absolute Gasteiger partial charge is 0.107 e. The van der Waals surface area contributed by atoms with Gasteiger partial charge in [0.1, 0.15) is 5.54 Å². The van der Waals surface area contributed by atoms with Crippen LogP contribution >= 0.6 is 35.0 Å². The van der Waals surface area contributed by atoms with Gasteiger partial charge < -0.3 is 0 Å². The Morgan fingerprint density at radius 2 is 2.24 bits per heavy atom. The molecule has 0 saturated heterocycles. The molecule has 1 aromatic carbocycles. The van der Waals surface area contributed by atoms with Crippen molar-refractivity contribution in [2.24, 2.45) is 0 Å². The molecule has 1 saturated carbocycles. The number of halogens is 2. The van der Waals surface area contributed by atoms with Crippen LogP contribution in [0.2, 0.25) is 10.0 Å². The average Bonchev–Trinajstić information content (AvgIpc) is 2.49. The van der Waals surface area contributed by atoms with Crippen molar-refractivity contribution in [3.8, 4) is 6.07 Å². The molecule has 2 unspecified atom stereocenters. The van der Waals surface area contributed by atoms with Gasteiger partial charge in [-0.05, 0) is 56.8 Å². The van der Waals surface area contributed by atoms with Crippen molar-refractivity contribution in [3.05, 3.63) is 28.2 Å². The Balaban J connectivity index is 2.03. The van der Waals surface area contributed by atoms with Gasteiger partial charge in [0, 0.05) is 10.1 Å². The standard InChI is InChI=1S/C16H20Cl2N2S/c1-2-8-20-16(11-19)7-3-4-13(10-16)21-12-5-6-14(17)15(18)9-12/h5-6,9,13,20H,2-4,7-8,10H2,1H3. The SMILES string of the molecule is CCCNC1(C#N)CCCC(Sc2ccc(Cl)c(Cl)c2)C1. The highest BCUT2D eigenvalue weighted by Gasteiger charge is 2.36. The maximum atomic E-state index is 9.57. The van der Waals surface area contributed by atoms with Gasteiger partial charge in [-0.2, -0.15) is 5.26 Å². The third-order valence-electron chi connectivity index (χ3n) is 3.83. The first-order chi connectivity index (χ1) is 10.1. The Morgan fingerprint density at radius 1 is 1.43 bits per heavy atom. The molecule has 0 aliphatic heterocycles. The van der Waals surface area contributed by atoms with Crippen molar-refractivity contribution < 1.29 is 0 Å². The minimum absolute atomic E-state index is 0.359. The van der Waals surface area contributed by atoms with Gasteiger partial charge in [-0.25, -0.2) is 0 Å². The molecule has 1 aliphatic carbocycles. The minimum atomic E-state index is -0.359. The van der Waals surface area contributed by atoms with Gasteiger partial charge in [-0.3, -0.25) is 5.32 Å². The van der Waals surface area contributed by atoms with E-state index in [4.69, 9.17) is 23.2 Å². The lowest BCUT2D eigenvalue weighted by molar-refractivity contribution is 0.305. The fourth-order valence-electron chi connectivity index (χ4n) is 2.73. The Bertz CT molecular complexity index is 529. The molecule has 1 aromatic rings. The van der Waals surface area contributed by atoms with E-state index in [0.29, 0.717) is 15.3 Å². The van der Waals surface area contributed by atoms with Crippen molar-refractivity contribution >= 4 is 35.0 Å². The molecule has 2 nitrogen and oxygen atoms in total. The zero-order chi connectivity index (χ0) is 15.3. The summed E-state index contributed by atoms with van der Waals surface area (Å²) in [6.07, 6.45) is 5.11. The number of thioether (sulfide) groups is 1. The Labute approximate surface area is 141 Å². The van der Waals surface area contributed by atoms with E-state index in [0.717, 1.165) is 43.5 Å². The number of hydrogen-bond donors (Lipinski definition) is 1. The highest BCUT2D eigenvalue weighted by atomic mass is 35.5. The molecule has 21 heavy (non-hydrogen) atoms. The quantitative estimate of drug-likeness (QED) is 0.789. The number of benzene rings is 1. The third-order valence-corrected chi connectivity index (χ3v) is 5.83. The van der Waals surface area contributed by atoms with Crippen LogP contribution in [0.5, 0.6) is 0 Å². The van der Waals surface area contributed by atoms with Gasteiger partial charge >= 0.3 is 0 Å². The number of nitrogens with zero attached hydrogens (tertiary/aromatic N) is 1. The van der Waals surface area contributed by atoms with Crippen molar-refractivity contribution in [2.75, 3.05) is 6.54 Å². The number of rotatable bonds is 5. The maximum Gasteiger partial charge on any atom is 0.107 e. The van der Waals surface area contributed by atoms with Crippen molar-refractivity contribution in [3.63, 3.8) is 0 Å². The van der Waals surface area contributed by atoms with Gasteiger partial charge in [0.05, 0.1) is 16.1 Å². The first-order valence-electron chi connectivity index (χ1n) is 7.36. The molecule has 2 rings (SSSR count). The Kier molecular flexibility index (Phi) is 6.25. The van der Waals surface area contributed by atoms with Crippen LogP contribution in [0, 0.1) is 11.3 Å². The third kappa shape index (κ3) is 4.53. The van der Waals surface area contributed by atoms with Crippen LogP contribution in [0.25, 0.3) is 0 Å². The topological polar surface area (TPSA) is 35.8 Å². The molecule has 0 radical (unpaired) electrons. The zero-order valence-electron chi connectivity index (χ0n) is 12.2. The largest absolute Gasteiger partial charge is 0.299 e. The second-order valence-electron chi connectivity index (χ2n) is 5.53. The molecule has 114 valence electrons. The predicted octanol–water partition coefficient (Wildman–Crippen LogP) is 5.29. The second kappa shape index (κ2) is 7.74. The van der Waals surface area contributed by atoms with E-state index in [1.807, 2.05) is 18.2 Å². The van der Waals surface area contributed by atoms with E-state index in [-0.39, 0.29) is 5.54 Å². The van der Waals surface area contributed by atoms with Crippen molar-refractivity contribution in [1.82, 2.24) is 5.32 Å². The lowest BCUT2D eigenvalue weighted by Gasteiger charge is -2.36. The van der Waals surface area contributed by atoms with Crippen LogP contribution in [-0.4, -0.2) is 17.3 Å². The molecule has 0 heterocycles. The summed E-state index contributed by atoms with van der Waals surface area (Å²) in [6, 6.07) is 8.27. The van der Waals surface area contributed by atoms with E-state index in [1.54, 1.807) is 11.8 Å². The number of hydrogen-bond acceptors (Lipinski definition) is 3. The Morgan fingerprint density at radius 3 is 2.90 bits per heavy atom. The second-order valence-corrected chi connectivity index (χ2v) is 7.72. The lowest BCUT2D eigenvalue weighted by Crippen LogP contribution is -2.48. The summed E-state index contributed by atoms with van der Waals surface area (Å²) in [6.45, 7) is 3.03. The average molecular weight is 343 g/mol. The van der Waals surface area contributed by atoms with Crippen LogP contribution in [-0.2, 0) is 0 Å². The van der Waals surface area contributed by atoms with E-state index in [1.165, 1.54) is 0 Å². The van der Waals surface area contributed by atoms with Crippen LogP contribution in [0.4, 0.5) is 0 Å². The zero-order valence-corrected chi connectivity index (χ0v) is 14.5. The molecule has 1 fully saturated rings. The first kappa shape index (κ1) is 17.0. The Hall–Kier alpha value is -0.400. The van der Waals surface area contributed by atoms with Crippen LogP contribution in [0.3, 0.4) is 0 Å². The fraction of sp³-hybridized carbons (Fsp3) is 0.562. The summed E-state index contributed by atoms with van der Waals surface area (Å²) in [4.78, 5) is 1.12. The molecule has 0 spiro atoms. The van der Waals surface area contributed by atoms with Crippen LogP contribution in [0.15, 0.2) is 23.1 Å². The predicted molar refractivity (Wildman–Crippen MR) is 91.2 cm³/mol. The van der Waals surface area contributed by atoms with Gasteiger partial charge in [-0.1, -0.05) is 30.1 Å². The monoisotopic (exact) mass is 342 g/mol. The van der Waals surface area contributed by atoms with Crippen molar-refractivity contribution in [1.29, 1.82) is 5.26 Å². The maximum absolute atomic E-state index is 9.57. The first-order valence-corrected chi connectivity index (χ1v) is 9.00. The summed E-state index contributed by atoms with van der Waals surface area (Å²) >= 11 is 13.8. The normalized spacial score (nSPS) is 25.5. The highest BCUT2D eigenvalue weighted by Crippen LogP contribution is 2.39. The lowest BCUT2D eigenvalue weighted by atomic mass is 9.82. The van der Waals surface area contributed by atoms with Crippen LogP contribution < -0.4 is 5.32 Å². The van der Waals surface area contributed by atoms with Crippen molar-refractivity contribution in [2.45, 2.75) is 54.7 Å². The number of nitrogens with one attached hydrogen (secondary N) is 1. The molecule has 0 aromatic heterocycles. The number of nitriles is 1. The molecular weight excluding hydrogens is 323 g/mol. The molecule has 1 N–H and O–H groups in total. The van der Waals surface area contributed by atoms with Gasteiger partial charge in [0.15, 0.2) is 0 Å². The summed E-state index contributed by atoms with van der Waals surface area (Å²) in [7, 11) is 0. The van der Waals surface area contributed by atoms with E-state index >= 15 is 0 Å². The summed E-state index contributed by atoms with van der Waals surface area (Å²) in [5.74, 6) is 0. The summed E-state index contributed by atoms with van der Waals surface area (Å²) in [5.41, 5.74) is -0.359. The molecule has 2 atom stereocenters. The minimum Gasteiger partial charge on any atom is -0.299 e. The van der Waals surface area contributed by atoms with Crippen LogP contribution in [0.1, 0.15) is 39.0 Å². The highest BCUT2D eigenvalue weighted by molar-refractivity contribution is 8.00. The van der Waals surface area contributed by atoms with E-state index in [2.05, 4.69) is 18.3 Å². The van der Waals surface area contributed by atoms with Gasteiger partial charge in [0.25, 0.3) is 0 Å². The molecular formula is C16H20Cl2N2S. The molecule has 0 amide bonds. The van der Waals surface area contributed by atoms with E-state index < -0.39 is 0 Å². The van der Waals surface area contributed by atoms with E-state index in [9.17, 15) is 5.26 Å². The molecule has 5 heteroatoms.